The summed E-state index contributed by atoms with van der Waals surface area (Å²) >= 11 is 3.43. The maximum atomic E-state index is 5.48. The third-order valence-electron chi connectivity index (χ3n) is 4.83. The van der Waals surface area contributed by atoms with E-state index >= 15 is 0 Å². The molecule has 2 aromatic heterocycles. The Kier molecular flexibility index (Phi) is 5.28. The normalized spacial score (nSPS) is 20.1. The number of nitrogens with zero attached hydrogens (tertiary/aromatic N) is 5. The molecular weight excluding hydrogens is 386 g/mol. The molecule has 0 saturated carbocycles. The minimum absolute atomic E-state index is 0.357. The molecule has 2 aliphatic rings. The Balaban J connectivity index is 1.30. The van der Waals surface area contributed by atoms with Gasteiger partial charge >= 0.3 is 0 Å². The summed E-state index contributed by atoms with van der Waals surface area (Å²) in [6, 6.07) is 4.09. The first-order valence-electron chi connectivity index (χ1n) is 8.77. The molecule has 8 heteroatoms. The number of hydrogen-bond acceptors (Lipinski definition) is 7. The molecule has 0 radical (unpaired) electrons. The number of aromatic nitrogens is 3. The molecule has 4 heterocycles. The van der Waals surface area contributed by atoms with Gasteiger partial charge in [0, 0.05) is 56.0 Å². The molecule has 0 amide bonds. The minimum atomic E-state index is 0.357. The number of halogens is 1. The summed E-state index contributed by atoms with van der Waals surface area (Å²) in [7, 11) is 0. The Hall–Kier alpha value is -1.51. The topological polar surface area (TPSA) is 67.5 Å². The molecule has 2 fully saturated rings. The lowest BCUT2D eigenvalue weighted by Gasteiger charge is -2.34. The van der Waals surface area contributed by atoms with Crippen LogP contribution < -0.4 is 4.90 Å². The van der Waals surface area contributed by atoms with Crippen molar-refractivity contribution in [3.05, 3.63) is 34.5 Å². The van der Waals surface area contributed by atoms with Gasteiger partial charge < -0.3 is 14.2 Å². The highest BCUT2D eigenvalue weighted by molar-refractivity contribution is 9.10. The first kappa shape index (κ1) is 16.9. The Morgan fingerprint density at radius 1 is 1.12 bits per heavy atom. The highest BCUT2D eigenvalue weighted by Gasteiger charge is 2.24. The van der Waals surface area contributed by atoms with Gasteiger partial charge in [0.1, 0.15) is 5.82 Å². The van der Waals surface area contributed by atoms with Gasteiger partial charge in [0.25, 0.3) is 0 Å². The monoisotopic (exact) mass is 407 g/mol. The van der Waals surface area contributed by atoms with Crippen molar-refractivity contribution in [3.63, 3.8) is 0 Å². The number of hydrogen-bond donors (Lipinski definition) is 0. The van der Waals surface area contributed by atoms with Crippen LogP contribution in [0.3, 0.4) is 0 Å². The summed E-state index contributed by atoms with van der Waals surface area (Å²) in [5, 5.41) is 4.17. The molecule has 4 rings (SSSR count). The van der Waals surface area contributed by atoms with Gasteiger partial charge in [-0.2, -0.15) is 4.98 Å². The second-order valence-corrected chi connectivity index (χ2v) is 7.45. The second-order valence-electron chi connectivity index (χ2n) is 6.53. The summed E-state index contributed by atoms with van der Waals surface area (Å²) in [6.45, 7) is 6.17. The predicted molar refractivity (Wildman–Crippen MR) is 96.5 cm³/mol. The van der Waals surface area contributed by atoms with Gasteiger partial charge in [0.2, 0.25) is 5.89 Å². The fraction of sp³-hybridized carbons (Fsp3) is 0.588. The van der Waals surface area contributed by atoms with Crippen molar-refractivity contribution in [3.8, 4) is 0 Å². The molecule has 0 N–H and O–H groups in total. The van der Waals surface area contributed by atoms with Crippen molar-refractivity contribution in [2.75, 3.05) is 44.3 Å². The van der Waals surface area contributed by atoms with E-state index in [0.717, 1.165) is 80.8 Å². The van der Waals surface area contributed by atoms with Crippen LogP contribution in [0.4, 0.5) is 5.82 Å². The smallest absolute Gasteiger partial charge is 0.229 e. The van der Waals surface area contributed by atoms with E-state index in [1.54, 1.807) is 0 Å². The van der Waals surface area contributed by atoms with Crippen LogP contribution in [0.5, 0.6) is 0 Å². The zero-order valence-corrected chi connectivity index (χ0v) is 15.7. The van der Waals surface area contributed by atoms with Crippen LogP contribution in [-0.2, 0) is 11.3 Å². The lowest BCUT2D eigenvalue weighted by Crippen LogP contribution is -2.46. The molecule has 0 bridgehead atoms. The summed E-state index contributed by atoms with van der Waals surface area (Å²) in [5.74, 6) is 2.95. The highest BCUT2D eigenvalue weighted by atomic mass is 79.9. The number of rotatable bonds is 4. The zero-order chi connectivity index (χ0) is 17.1. The van der Waals surface area contributed by atoms with Gasteiger partial charge in [-0.15, -0.1) is 0 Å². The van der Waals surface area contributed by atoms with Gasteiger partial charge in [-0.25, -0.2) is 4.98 Å². The molecule has 0 atom stereocenters. The summed E-state index contributed by atoms with van der Waals surface area (Å²) < 4.78 is 11.9. The van der Waals surface area contributed by atoms with E-state index in [1.807, 2.05) is 12.3 Å². The second kappa shape index (κ2) is 7.80. The molecule has 0 unspecified atom stereocenters. The highest BCUT2D eigenvalue weighted by Crippen LogP contribution is 2.25. The van der Waals surface area contributed by atoms with Gasteiger partial charge in [0.15, 0.2) is 5.82 Å². The molecule has 25 heavy (non-hydrogen) atoms. The van der Waals surface area contributed by atoms with Crippen molar-refractivity contribution >= 4 is 21.7 Å². The zero-order valence-electron chi connectivity index (χ0n) is 14.1. The van der Waals surface area contributed by atoms with E-state index in [-0.39, 0.29) is 0 Å². The SMILES string of the molecule is Brc1ccc(N2CCN(Cc3noc(C4CCOCC4)n3)CC2)nc1. The minimum Gasteiger partial charge on any atom is -0.381 e. The molecule has 2 saturated heterocycles. The Bertz CT molecular complexity index is 679. The molecule has 0 aliphatic carbocycles. The van der Waals surface area contributed by atoms with E-state index in [1.165, 1.54) is 0 Å². The third kappa shape index (κ3) is 4.19. The maximum Gasteiger partial charge on any atom is 0.229 e. The summed E-state index contributed by atoms with van der Waals surface area (Å²) in [6.07, 6.45) is 3.79. The number of ether oxygens (including phenoxy) is 1. The molecule has 134 valence electrons. The third-order valence-corrected chi connectivity index (χ3v) is 5.30. The lowest BCUT2D eigenvalue weighted by atomic mass is 10.0. The van der Waals surface area contributed by atoms with Gasteiger partial charge in [0.05, 0.1) is 6.54 Å². The Morgan fingerprint density at radius 2 is 1.92 bits per heavy atom. The van der Waals surface area contributed by atoms with E-state index in [2.05, 4.69) is 46.9 Å². The first-order chi connectivity index (χ1) is 12.3. The van der Waals surface area contributed by atoms with E-state index in [4.69, 9.17) is 9.26 Å². The van der Waals surface area contributed by atoms with Crippen LogP contribution in [0, 0.1) is 0 Å². The lowest BCUT2D eigenvalue weighted by molar-refractivity contribution is 0.0778. The van der Waals surface area contributed by atoms with Crippen LogP contribution >= 0.6 is 15.9 Å². The average molecular weight is 408 g/mol. The molecule has 0 aromatic carbocycles. The van der Waals surface area contributed by atoms with Crippen molar-refractivity contribution < 1.29 is 9.26 Å². The van der Waals surface area contributed by atoms with E-state index < -0.39 is 0 Å². The largest absolute Gasteiger partial charge is 0.381 e. The summed E-state index contributed by atoms with van der Waals surface area (Å²) in [5.41, 5.74) is 0. The van der Waals surface area contributed by atoms with Crippen LogP contribution in [0.15, 0.2) is 27.3 Å². The standard InChI is InChI=1S/C17H22BrN5O2/c18-14-1-2-16(19-11-14)23-7-5-22(6-8-23)12-15-20-17(25-21-15)13-3-9-24-10-4-13/h1-2,11,13H,3-10,12H2. The molecule has 0 spiro atoms. The predicted octanol–water partition coefficient (Wildman–Crippen LogP) is 2.44. The van der Waals surface area contributed by atoms with Crippen molar-refractivity contribution in [1.82, 2.24) is 20.0 Å². The first-order valence-corrected chi connectivity index (χ1v) is 9.56. The summed E-state index contributed by atoms with van der Waals surface area (Å²) in [4.78, 5) is 13.8. The van der Waals surface area contributed by atoms with Crippen molar-refractivity contribution in [2.45, 2.75) is 25.3 Å². The average Bonchev–Trinajstić information content (AvgIpc) is 3.12. The van der Waals surface area contributed by atoms with Gasteiger partial charge in [-0.3, -0.25) is 4.90 Å². The number of pyridine rings is 1. The van der Waals surface area contributed by atoms with Crippen LogP contribution in [-0.4, -0.2) is 59.4 Å². The van der Waals surface area contributed by atoms with Crippen molar-refractivity contribution in [1.29, 1.82) is 0 Å². The Labute approximate surface area is 155 Å². The maximum absolute atomic E-state index is 5.48. The van der Waals surface area contributed by atoms with Crippen LogP contribution in [0.1, 0.15) is 30.5 Å². The van der Waals surface area contributed by atoms with Gasteiger partial charge in [-0.05, 0) is 40.9 Å². The number of piperazine rings is 1. The quantitative estimate of drug-likeness (QED) is 0.770. The van der Waals surface area contributed by atoms with E-state index in [0.29, 0.717) is 5.92 Å². The molecule has 7 nitrogen and oxygen atoms in total. The Morgan fingerprint density at radius 3 is 2.64 bits per heavy atom. The van der Waals surface area contributed by atoms with Crippen LogP contribution in [0.25, 0.3) is 0 Å². The molecule has 2 aromatic rings. The van der Waals surface area contributed by atoms with Gasteiger partial charge in [-0.1, -0.05) is 5.16 Å². The van der Waals surface area contributed by atoms with Crippen molar-refractivity contribution in [2.24, 2.45) is 0 Å². The fourth-order valence-corrected chi connectivity index (χ4v) is 3.57. The molecular formula is C17H22BrN5O2. The molecule has 2 aliphatic heterocycles. The number of anilines is 1. The fourth-order valence-electron chi connectivity index (χ4n) is 3.33. The van der Waals surface area contributed by atoms with Crippen LogP contribution in [0.2, 0.25) is 0 Å². The van der Waals surface area contributed by atoms with E-state index in [9.17, 15) is 0 Å².